The molecule has 36 heavy (non-hydrogen) atoms. The van der Waals surface area contributed by atoms with Gasteiger partial charge >= 0.3 is 12.1 Å². The van der Waals surface area contributed by atoms with Gasteiger partial charge in [-0.1, -0.05) is 30.7 Å². The minimum atomic E-state index is -0.918. The summed E-state index contributed by atoms with van der Waals surface area (Å²) in [6.07, 6.45) is 0.0838. The third-order valence-corrected chi connectivity index (χ3v) is 5.96. The number of alkyl carbamates (subject to hydrolysis) is 1. The highest BCUT2D eigenvalue weighted by Crippen LogP contribution is 2.41. The van der Waals surface area contributed by atoms with Gasteiger partial charge in [0.25, 0.3) is 0 Å². The molecule has 0 heterocycles. The van der Waals surface area contributed by atoms with E-state index in [2.05, 4.69) is 10.6 Å². The molecule has 0 spiro atoms. The first-order chi connectivity index (χ1) is 16.7. The largest absolute Gasteiger partial charge is 0.466 e. The Labute approximate surface area is 214 Å². The van der Waals surface area contributed by atoms with Crippen LogP contribution in [0.4, 0.5) is 4.79 Å². The fraction of sp³-hybridized carbons (Fsp3) is 0.630. The normalized spacial score (nSPS) is 18.4. The van der Waals surface area contributed by atoms with Gasteiger partial charge in [0, 0.05) is 12.6 Å². The van der Waals surface area contributed by atoms with E-state index in [4.69, 9.17) is 9.47 Å². The lowest BCUT2D eigenvalue weighted by Crippen LogP contribution is -2.53. The van der Waals surface area contributed by atoms with E-state index < -0.39 is 29.7 Å². The minimum absolute atomic E-state index is 0.0313. The van der Waals surface area contributed by atoms with E-state index in [1.807, 2.05) is 39.0 Å². The second-order valence-electron chi connectivity index (χ2n) is 10.5. The molecule has 1 aliphatic carbocycles. The van der Waals surface area contributed by atoms with Crippen molar-refractivity contribution < 1.29 is 28.7 Å². The monoisotopic (exact) mass is 503 g/mol. The van der Waals surface area contributed by atoms with Crippen LogP contribution in [0.2, 0.25) is 0 Å². The molecule has 1 aromatic carbocycles. The van der Waals surface area contributed by atoms with Crippen LogP contribution in [0.5, 0.6) is 0 Å². The van der Waals surface area contributed by atoms with Crippen LogP contribution < -0.4 is 10.6 Å². The maximum Gasteiger partial charge on any atom is 0.408 e. The van der Waals surface area contributed by atoms with Gasteiger partial charge in [-0.05, 0) is 71.9 Å². The standard InChI is InChI=1S/C27H41N3O6/c1-9-35-22(31)12-13-28-24(32)23(20-11-10-16(2)14-17(20)3)30(21-15-18(21)4)25(33)19(5)29-26(34)36-27(6,7)8/h10-11,14,18-19,21,23H,9,12-13,15H2,1-8H3,(H,28,32)(H,29,34). The molecule has 9 heteroatoms. The van der Waals surface area contributed by atoms with Crippen molar-refractivity contribution in [1.29, 1.82) is 0 Å². The summed E-state index contributed by atoms with van der Waals surface area (Å²) in [5, 5.41) is 5.42. The lowest BCUT2D eigenvalue weighted by atomic mass is 9.96. The maximum absolute atomic E-state index is 13.7. The summed E-state index contributed by atoms with van der Waals surface area (Å²) in [5.74, 6) is -0.952. The summed E-state index contributed by atoms with van der Waals surface area (Å²) in [6, 6.07) is 3.76. The van der Waals surface area contributed by atoms with Crippen LogP contribution in [-0.2, 0) is 23.9 Å². The van der Waals surface area contributed by atoms with Crippen LogP contribution in [0, 0.1) is 19.8 Å². The Morgan fingerprint density at radius 3 is 2.33 bits per heavy atom. The second-order valence-corrected chi connectivity index (χ2v) is 10.5. The van der Waals surface area contributed by atoms with Crippen LogP contribution in [0.3, 0.4) is 0 Å². The Morgan fingerprint density at radius 1 is 1.17 bits per heavy atom. The summed E-state index contributed by atoms with van der Waals surface area (Å²) >= 11 is 0. The third-order valence-electron chi connectivity index (χ3n) is 5.96. The lowest BCUT2D eigenvalue weighted by Gasteiger charge is -2.35. The Kier molecular flexibility index (Phi) is 9.90. The van der Waals surface area contributed by atoms with E-state index in [1.165, 1.54) is 0 Å². The molecule has 0 radical (unpaired) electrons. The number of aryl methyl sites for hydroxylation is 2. The zero-order valence-corrected chi connectivity index (χ0v) is 22.8. The predicted molar refractivity (Wildman–Crippen MR) is 136 cm³/mol. The van der Waals surface area contributed by atoms with Gasteiger partial charge in [0.05, 0.1) is 13.0 Å². The summed E-state index contributed by atoms with van der Waals surface area (Å²) in [7, 11) is 0. The van der Waals surface area contributed by atoms with E-state index in [0.717, 1.165) is 17.5 Å². The highest BCUT2D eigenvalue weighted by molar-refractivity contribution is 5.92. The van der Waals surface area contributed by atoms with Crippen molar-refractivity contribution in [1.82, 2.24) is 15.5 Å². The molecule has 0 aromatic heterocycles. The molecular formula is C27H41N3O6. The fourth-order valence-corrected chi connectivity index (χ4v) is 4.11. The molecule has 0 saturated heterocycles. The van der Waals surface area contributed by atoms with Crippen LogP contribution in [-0.4, -0.2) is 59.6 Å². The summed E-state index contributed by atoms with van der Waals surface area (Å²) in [5.41, 5.74) is 1.90. The SMILES string of the molecule is CCOC(=O)CCNC(=O)C(c1ccc(C)cc1C)N(C(=O)C(C)NC(=O)OC(C)(C)C)C1CC1C. The average Bonchev–Trinajstić information content (AvgIpc) is 3.46. The molecule has 1 aromatic rings. The summed E-state index contributed by atoms with van der Waals surface area (Å²) in [4.78, 5) is 53.0. The Hall–Kier alpha value is -3.10. The number of hydrogen-bond acceptors (Lipinski definition) is 6. The molecule has 9 nitrogen and oxygen atoms in total. The zero-order valence-electron chi connectivity index (χ0n) is 22.8. The number of ether oxygens (including phenoxy) is 2. The Morgan fingerprint density at radius 2 is 1.81 bits per heavy atom. The molecule has 1 aliphatic rings. The minimum Gasteiger partial charge on any atom is -0.466 e. The van der Waals surface area contributed by atoms with Gasteiger partial charge in [0.1, 0.15) is 17.7 Å². The van der Waals surface area contributed by atoms with E-state index in [9.17, 15) is 19.2 Å². The number of hydrogen-bond donors (Lipinski definition) is 2. The van der Waals surface area contributed by atoms with Gasteiger partial charge in [-0.2, -0.15) is 0 Å². The highest BCUT2D eigenvalue weighted by Gasteiger charge is 2.47. The lowest BCUT2D eigenvalue weighted by molar-refractivity contribution is -0.144. The highest BCUT2D eigenvalue weighted by atomic mass is 16.6. The van der Waals surface area contributed by atoms with Crippen molar-refractivity contribution in [3.05, 3.63) is 34.9 Å². The molecule has 3 amide bonds. The number of nitrogens with one attached hydrogen (secondary N) is 2. The number of rotatable bonds is 10. The van der Waals surface area contributed by atoms with Gasteiger partial charge < -0.3 is 25.0 Å². The van der Waals surface area contributed by atoms with E-state index >= 15 is 0 Å². The van der Waals surface area contributed by atoms with Crippen molar-refractivity contribution in [2.24, 2.45) is 5.92 Å². The fourth-order valence-electron chi connectivity index (χ4n) is 4.11. The third kappa shape index (κ3) is 8.24. The summed E-state index contributed by atoms with van der Waals surface area (Å²) in [6.45, 7) is 14.8. The van der Waals surface area contributed by atoms with E-state index in [-0.39, 0.29) is 43.3 Å². The smallest absolute Gasteiger partial charge is 0.408 e. The van der Waals surface area contributed by atoms with Crippen molar-refractivity contribution in [2.45, 2.75) is 92.0 Å². The van der Waals surface area contributed by atoms with Crippen LogP contribution in [0.1, 0.15) is 77.1 Å². The van der Waals surface area contributed by atoms with Gasteiger partial charge in [0.15, 0.2) is 0 Å². The molecular weight excluding hydrogens is 462 g/mol. The van der Waals surface area contributed by atoms with Crippen molar-refractivity contribution in [3.63, 3.8) is 0 Å². The van der Waals surface area contributed by atoms with E-state index in [1.54, 1.807) is 39.5 Å². The molecule has 1 saturated carbocycles. The van der Waals surface area contributed by atoms with Crippen LogP contribution in [0.15, 0.2) is 18.2 Å². The first-order valence-electron chi connectivity index (χ1n) is 12.6. The first kappa shape index (κ1) is 29.1. The summed E-state index contributed by atoms with van der Waals surface area (Å²) < 4.78 is 10.3. The molecule has 1 fully saturated rings. The molecule has 4 atom stereocenters. The Balaban J connectivity index is 2.35. The number of esters is 1. The number of carbonyl (C=O) groups is 4. The quantitative estimate of drug-likeness (QED) is 0.472. The maximum atomic E-state index is 13.7. The number of nitrogens with zero attached hydrogens (tertiary/aromatic N) is 1. The van der Waals surface area contributed by atoms with Crippen LogP contribution >= 0.6 is 0 Å². The molecule has 4 unspecified atom stereocenters. The molecule has 0 bridgehead atoms. The van der Waals surface area contributed by atoms with Crippen molar-refractivity contribution >= 4 is 23.9 Å². The number of carbonyl (C=O) groups excluding carboxylic acids is 4. The number of benzene rings is 1. The topological polar surface area (TPSA) is 114 Å². The number of amides is 3. The molecule has 2 rings (SSSR count). The van der Waals surface area contributed by atoms with Gasteiger partial charge in [0.2, 0.25) is 11.8 Å². The van der Waals surface area contributed by atoms with Gasteiger partial charge in [-0.25, -0.2) is 4.79 Å². The average molecular weight is 504 g/mol. The second kappa shape index (κ2) is 12.2. The van der Waals surface area contributed by atoms with E-state index in [0.29, 0.717) is 5.56 Å². The van der Waals surface area contributed by atoms with Gasteiger partial charge in [-0.15, -0.1) is 0 Å². The van der Waals surface area contributed by atoms with Crippen molar-refractivity contribution in [3.8, 4) is 0 Å². The van der Waals surface area contributed by atoms with Crippen LogP contribution in [0.25, 0.3) is 0 Å². The Bertz CT molecular complexity index is 971. The van der Waals surface area contributed by atoms with Gasteiger partial charge in [-0.3, -0.25) is 14.4 Å². The zero-order chi connectivity index (χ0) is 27.2. The van der Waals surface area contributed by atoms with Crippen molar-refractivity contribution in [2.75, 3.05) is 13.2 Å². The predicted octanol–water partition coefficient (Wildman–Crippen LogP) is 3.56. The molecule has 200 valence electrons. The molecule has 2 N–H and O–H groups in total. The first-order valence-corrected chi connectivity index (χ1v) is 12.6. The molecule has 0 aliphatic heterocycles.